The quantitative estimate of drug-likeness (QED) is 0.357. The van der Waals surface area contributed by atoms with Crippen molar-refractivity contribution in [2.45, 2.75) is 77.6 Å². The maximum Gasteiger partial charge on any atom is 0.410 e. The summed E-state index contributed by atoms with van der Waals surface area (Å²) in [5.74, 6) is 0.543. The van der Waals surface area contributed by atoms with Gasteiger partial charge >= 0.3 is 6.09 Å². The van der Waals surface area contributed by atoms with Gasteiger partial charge in [0.2, 0.25) is 0 Å². The fraction of sp³-hybridized carbons (Fsp3) is 0.618. The molecule has 1 amide bonds. The highest BCUT2D eigenvalue weighted by atomic mass is 16.6. The lowest BCUT2D eigenvalue weighted by Crippen LogP contribution is -2.66. The van der Waals surface area contributed by atoms with E-state index in [0.717, 1.165) is 82.0 Å². The highest BCUT2D eigenvalue weighted by Gasteiger charge is 2.49. The Balaban J connectivity index is 1.03. The van der Waals surface area contributed by atoms with Crippen LogP contribution in [0.2, 0.25) is 0 Å². The summed E-state index contributed by atoms with van der Waals surface area (Å²) >= 11 is 0. The SMILES string of the molecule is CC(n1cc(-c2cncc(N3CC4(COC4)C3)c2)nn1)n1ccc(N2CCC[C@@H](N(CC3CCC3)C(=O)OC(C)(C)C)C2)cc1=O. The van der Waals surface area contributed by atoms with E-state index in [4.69, 9.17) is 9.47 Å². The van der Waals surface area contributed by atoms with Gasteiger partial charge in [0.1, 0.15) is 17.5 Å². The van der Waals surface area contributed by atoms with E-state index in [-0.39, 0.29) is 23.9 Å². The van der Waals surface area contributed by atoms with E-state index in [2.05, 4.69) is 31.2 Å². The Morgan fingerprint density at radius 2 is 1.91 bits per heavy atom. The molecular weight excluding hydrogens is 584 g/mol. The van der Waals surface area contributed by atoms with Crippen molar-refractivity contribution in [1.29, 1.82) is 0 Å². The lowest BCUT2D eigenvalue weighted by molar-refractivity contribution is -0.127. The minimum Gasteiger partial charge on any atom is -0.444 e. The van der Waals surface area contributed by atoms with Gasteiger partial charge in [-0.2, -0.15) is 0 Å². The molecule has 3 aromatic rings. The van der Waals surface area contributed by atoms with Crippen molar-refractivity contribution >= 4 is 17.5 Å². The topological polar surface area (TPSA) is 111 Å². The van der Waals surface area contributed by atoms with Gasteiger partial charge in [-0.1, -0.05) is 11.6 Å². The Labute approximate surface area is 270 Å². The molecule has 1 saturated carbocycles. The Morgan fingerprint density at radius 3 is 2.59 bits per heavy atom. The monoisotopic (exact) mass is 630 g/mol. The number of ether oxygens (including phenoxy) is 2. The molecule has 3 aliphatic heterocycles. The molecule has 7 rings (SSSR count). The van der Waals surface area contributed by atoms with Crippen LogP contribution in [0.15, 0.2) is 47.8 Å². The van der Waals surface area contributed by atoms with Crippen molar-refractivity contribution in [3.8, 4) is 11.3 Å². The Bertz CT molecular complexity index is 1610. The average molecular weight is 631 g/mol. The molecule has 4 aliphatic rings. The Morgan fingerprint density at radius 1 is 1.11 bits per heavy atom. The van der Waals surface area contributed by atoms with Crippen molar-refractivity contribution < 1.29 is 14.3 Å². The lowest BCUT2D eigenvalue weighted by Gasteiger charge is -2.55. The van der Waals surface area contributed by atoms with Crippen molar-refractivity contribution in [1.82, 2.24) is 29.4 Å². The zero-order valence-corrected chi connectivity index (χ0v) is 27.5. The predicted octanol–water partition coefficient (Wildman–Crippen LogP) is 4.41. The van der Waals surface area contributed by atoms with Crippen LogP contribution in [0.4, 0.5) is 16.2 Å². The molecule has 0 N–H and O–H groups in total. The second kappa shape index (κ2) is 12.0. The van der Waals surface area contributed by atoms with Gasteiger partial charge in [-0.25, -0.2) is 9.48 Å². The van der Waals surface area contributed by atoms with Crippen molar-refractivity contribution in [2.24, 2.45) is 11.3 Å². The van der Waals surface area contributed by atoms with Crippen LogP contribution in [0.3, 0.4) is 0 Å². The molecular formula is C34H46N8O4. The highest BCUT2D eigenvalue weighted by molar-refractivity contribution is 5.69. The summed E-state index contributed by atoms with van der Waals surface area (Å²) in [6.45, 7) is 13.6. The first kappa shape index (κ1) is 30.7. The van der Waals surface area contributed by atoms with Gasteiger partial charge in [-0.3, -0.25) is 14.3 Å². The number of amides is 1. The molecule has 0 aromatic carbocycles. The van der Waals surface area contributed by atoms with Crippen molar-refractivity contribution in [3.63, 3.8) is 0 Å². The number of hydrogen-bond donors (Lipinski definition) is 0. The van der Waals surface area contributed by atoms with Crippen LogP contribution in [-0.2, 0) is 9.47 Å². The number of carbonyl (C=O) groups is 1. The maximum atomic E-state index is 13.5. The number of carbonyl (C=O) groups excluding carboxylic acids is 1. The molecule has 1 spiro atoms. The minimum absolute atomic E-state index is 0.0431. The number of pyridine rings is 2. The number of piperidine rings is 1. The fourth-order valence-electron chi connectivity index (χ4n) is 7.05. The van der Waals surface area contributed by atoms with E-state index in [0.29, 0.717) is 23.6 Å². The second-order valence-electron chi connectivity index (χ2n) is 14.8. The van der Waals surface area contributed by atoms with Crippen LogP contribution in [0, 0.1) is 11.3 Å². The summed E-state index contributed by atoms with van der Waals surface area (Å²) in [6, 6.07) is 5.83. The van der Waals surface area contributed by atoms with Crippen LogP contribution in [0.1, 0.15) is 66.0 Å². The largest absolute Gasteiger partial charge is 0.444 e. The zero-order valence-electron chi connectivity index (χ0n) is 27.5. The molecule has 12 heteroatoms. The highest BCUT2D eigenvalue weighted by Crippen LogP contribution is 2.40. The molecule has 1 aliphatic carbocycles. The van der Waals surface area contributed by atoms with E-state index in [1.54, 1.807) is 21.5 Å². The molecule has 3 aromatic heterocycles. The third-order valence-corrected chi connectivity index (χ3v) is 9.99. The standard InChI is InChI=1S/C34H46N8O4/c1-24(42-19-30(36-37-42)26-13-29(16-35-15-26)39-20-34(21-39)22-45-23-34)40-12-10-27(14-31(40)43)38-11-6-9-28(18-38)41(17-25-7-5-8-25)32(44)46-33(2,3)4/h10,12-16,19,24-25,28H,5-9,11,17-18,20-23H2,1-4H3/t24?,28-/m1/s1. The van der Waals surface area contributed by atoms with Crippen LogP contribution >= 0.6 is 0 Å². The molecule has 3 saturated heterocycles. The summed E-state index contributed by atoms with van der Waals surface area (Å²) in [6.07, 6.45) is 12.2. The van der Waals surface area contributed by atoms with Gasteiger partial charge in [0.15, 0.2) is 0 Å². The normalized spacial score (nSPS) is 21.7. The number of rotatable bonds is 8. The van der Waals surface area contributed by atoms with E-state index in [1.165, 1.54) is 6.42 Å². The van der Waals surface area contributed by atoms with E-state index < -0.39 is 5.60 Å². The van der Waals surface area contributed by atoms with Gasteiger partial charge in [0, 0.05) is 62.4 Å². The first-order valence-corrected chi connectivity index (χ1v) is 16.7. The molecule has 0 radical (unpaired) electrons. The predicted molar refractivity (Wildman–Crippen MR) is 175 cm³/mol. The van der Waals surface area contributed by atoms with Gasteiger partial charge in [-0.15, -0.1) is 5.10 Å². The number of aromatic nitrogens is 5. The molecule has 6 heterocycles. The Kier molecular flexibility index (Phi) is 8.02. The third kappa shape index (κ3) is 6.23. The van der Waals surface area contributed by atoms with Gasteiger partial charge in [0.25, 0.3) is 5.56 Å². The number of hydrogen-bond acceptors (Lipinski definition) is 9. The van der Waals surface area contributed by atoms with E-state index in [9.17, 15) is 9.59 Å². The summed E-state index contributed by atoms with van der Waals surface area (Å²) in [5, 5.41) is 8.79. The summed E-state index contributed by atoms with van der Waals surface area (Å²) < 4.78 is 14.6. The zero-order chi connectivity index (χ0) is 32.1. The van der Waals surface area contributed by atoms with E-state index >= 15 is 0 Å². The smallest absolute Gasteiger partial charge is 0.410 e. The third-order valence-electron chi connectivity index (χ3n) is 9.99. The van der Waals surface area contributed by atoms with Crippen LogP contribution in [0.25, 0.3) is 11.3 Å². The Hall–Kier alpha value is -3.93. The van der Waals surface area contributed by atoms with E-state index in [1.807, 2.05) is 57.3 Å². The molecule has 0 bridgehead atoms. The molecule has 1 unspecified atom stereocenters. The molecule has 2 atom stereocenters. The van der Waals surface area contributed by atoms with Crippen molar-refractivity contribution in [3.05, 3.63) is 53.3 Å². The lowest BCUT2D eigenvalue weighted by atomic mass is 9.78. The first-order valence-electron chi connectivity index (χ1n) is 16.7. The van der Waals surface area contributed by atoms with Gasteiger partial charge in [-0.05, 0) is 71.4 Å². The maximum absolute atomic E-state index is 13.5. The summed E-state index contributed by atoms with van der Waals surface area (Å²) in [7, 11) is 0. The molecule has 4 fully saturated rings. The first-order chi connectivity index (χ1) is 22.1. The molecule has 246 valence electrons. The van der Waals surface area contributed by atoms with Crippen LogP contribution in [-0.4, -0.2) is 93.1 Å². The fourth-order valence-corrected chi connectivity index (χ4v) is 7.05. The molecule has 46 heavy (non-hydrogen) atoms. The van der Waals surface area contributed by atoms with Crippen molar-refractivity contribution in [2.75, 3.05) is 55.7 Å². The van der Waals surface area contributed by atoms with Crippen LogP contribution < -0.4 is 15.4 Å². The average Bonchev–Trinajstić information content (AvgIpc) is 3.45. The molecule has 12 nitrogen and oxygen atoms in total. The van der Waals surface area contributed by atoms with Gasteiger partial charge < -0.3 is 24.2 Å². The number of anilines is 2. The second-order valence-corrected chi connectivity index (χ2v) is 14.8. The minimum atomic E-state index is -0.542. The van der Waals surface area contributed by atoms with Gasteiger partial charge in [0.05, 0.1) is 42.8 Å². The number of nitrogens with zero attached hydrogens (tertiary/aromatic N) is 8. The summed E-state index contributed by atoms with van der Waals surface area (Å²) in [4.78, 5) is 37.7. The van der Waals surface area contributed by atoms with Crippen LogP contribution in [0.5, 0.6) is 0 Å². The summed E-state index contributed by atoms with van der Waals surface area (Å²) in [5.41, 5.74) is 3.21.